The van der Waals surface area contributed by atoms with Crippen molar-refractivity contribution in [3.63, 3.8) is 0 Å². The summed E-state index contributed by atoms with van der Waals surface area (Å²) < 4.78 is 0.955. The summed E-state index contributed by atoms with van der Waals surface area (Å²) in [6, 6.07) is 6.76. The first-order valence-corrected chi connectivity index (χ1v) is 7.33. The number of H-pyrrole nitrogens is 1. The van der Waals surface area contributed by atoms with Crippen molar-refractivity contribution in [2.45, 2.75) is 25.4 Å². The molecule has 7 nitrogen and oxygen atoms in total. The van der Waals surface area contributed by atoms with Crippen molar-refractivity contribution in [1.29, 1.82) is 0 Å². The molecule has 2 heterocycles. The van der Waals surface area contributed by atoms with Crippen LogP contribution >= 0.6 is 12.4 Å². The second kappa shape index (κ2) is 6.97. The molecule has 3 rings (SSSR count). The van der Waals surface area contributed by atoms with Crippen LogP contribution in [-0.2, 0) is 11.3 Å². The number of rotatable bonds is 3. The SMILES string of the molecule is Cl.NCC1CCCN1C(=O)Cn1c(=O)[nH]c2ccccc2c1=O. The monoisotopic (exact) mass is 338 g/mol. The molecular formula is C15H19ClN4O3. The molecule has 2 aromatic rings. The highest BCUT2D eigenvalue weighted by atomic mass is 35.5. The number of hydrogen-bond donors (Lipinski definition) is 2. The number of aromatic amines is 1. The minimum Gasteiger partial charge on any atom is -0.337 e. The number of likely N-dealkylation sites (tertiary alicyclic amines) is 1. The van der Waals surface area contributed by atoms with Gasteiger partial charge in [0.25, 0.3) is 5.56 Å². The first-order chi connectivity index (χ1) is 10.6. The van der Waals surface area contributed by atoms with Crippen molar-refractivity contribution >= 4 is 29.2 Å². The molecule has 1 unspecified atom stereocenters. The summed E-state index contributed by atoms with van der Waals surface area (Å²) in [6.45, 7) is 0.769. The molecule has 1 saturated heterocycles. The molecule has 0 bridgehead atoms. The molecule has 8 heteroatoms. The fraction of sp³-hybridized carbons (Fsp3) is 0.400. The van der Waals surface area contributed by atoms with E-state index in [0.717, 1.165) is 17.4 Å². The van der Waals surface area contributed by atoms with Gasteiger partial charge in [-0.25, -0.2) is 4.79 Å². The van der Waals surface area contributed by atoms with Crippen LogP contribution in [0.4, 0.5) is 0 Å². The van der Waals surface area contributed by atoms with Gasteiger partial charge in [0.1, 0.15) is 6.54 Å². The number of fused-ring (bicyclic) bond motifs is 1. The van der Waals surface area contributed by atoms with E-state index in [9.17, 15) is 14.4 Å². The zero-order chi connectivity index (χ0) is 15.7. The minimum absolute atomic E-state index is 0. The third-order valence-electron chi connectivity index (χ3n) is 4.15. The van der Waals surface area contributed by atoms with Gasteiger partial charge in [0.2, 0.25) is 5.91 Å². The van der Waals surface area contributed by atoms with Gasteiger partial charge in [-0.05, 0) is 25.0 Å². The molecule has 1 aliphatic rings. The highest BCUT2D eigenvalue weighted by Crippen LogP contribution is 2.16. The number of benzene rings is 1. The Morgan fingerprint density at radius 3 is 2.78 bits per heavy atom. The highest BCUT2D eigenvalue weighted by molar-refractivity contribution is 5.85. The van der Waals surface area contributed by atoms with E-state index >= 15 is 0 Å². The molecule has 0 spiro atoms. The van der Waals surface area contributed by atoms with Crippen molar-refractivity contribution in [1.82, 2.24) is 14.5 Å². The van der Waals surface area contributed by atoms with Gasteiger partial charge >= 0.3 is 5.69 Å². The van der Waals surface area contributed by atoms with Crippen molar-refractivity contribution in [3.8, 4) is 0 Å². The molecule has 23 heavy (non-hydrogen) atoms. The van der Waals surface area contributed by atoms with Gasteiger partial charge < -0.3 is 15.6 Å². The van der Waals surface area contributed by atoms with Crippen LogP contribution in [0.25, 0.3) is 10.9 Å². The maximum Gasteiger partial charge on any atom is 0.329 e. The lowest BCUT2D eigenvalue weighted by molar-refractivity contribution is -0.132. The number of nitrogens with zero attached hydrogens (tertiary/aromatic N) is 2. The van der Waals surface area contributed by atoms with E-state index in [1.807, 2.05) is 0 Å². The lowest BCUT2D eigenvalue weighted by Crippen LogP contribution is -2.45. The first kappa shape index (κ1) is 17.2. The Balaban J connectivity index is 0.00000192. The van der Waals surface area contributed by atoms with Gasteiger partial charge in [-0.3, -0.25) is 14.2 Å². The van der Waals surface area contributed by atoms with Crippen LogP contribution in [0.3, 0.4) is 0 Å². The molecule has 1 atom stereocenters. The third kappa shape index (κ3) is 3.16. The molecule has 124 valence electrons. The Kier molecular flexibility index (Phi) is 5.23. The zero-order valence-electron chi connectivity index (χ0n) is 12.5. The van der Waals surface area contributed by atoms with E-state index in [0.29, 0.717) is 24.0 Å². The summed E-state index contributed by atoms with van der Waals surface area (Å²) in [5, 5.41) is 0.395. The lowest BCUT2D eigenvalue weighted by atomic mass is 10.2. The average Bonchev–Trinajstić information content (AvgIpc) is 3.00. The fourth-order valence-corrected chi connectivity index (χ4v) is 2.98. The third-order valence-corrected chi connectivity index (χ3v) is 4.15. The van der Waals surface area contributed by atoms with Gasteiger partial charge in [-0.1, -0.05) is 12.1 Å². The summed E-state index contributed by atoms with van der Waals surface area (Å²) in [7, 11) is 0. The Morgan fingerprint density at radius 2 is 2.04 bits per heavy atom. The Bertz CT molecular complexity index is 829. The Hall–Kier alpha value is -2.12. The summed E-state index contributed by atoms with van der Waals surface area (Å²) in [4.78, 5) is 41.1. The summed E-state index contributed by atoms with van der Waals surface area (Å²) in [6.07, 6.45) is 1.77. The molecule has 1 amide bonds. The number of aromatic nitrogens is 2. The van der Waals surface area contributed by atoms with Crippen LogP contribution in [0, 0.1) is 0 Å². The van der Waals surface area contributed by atoms with Crippen LogP contribution in [0.15, 0.2) is 33.9 Å². The number of amides is 1. The van der Waals surface area contributed by atoms with Crippen molar-refractivity contribution in [2.24, 2.45) is 5.73 Å². The number of hydrogen-bond acceptors (Lipinski definition) is 4. The van der Waals surface area contributed by atoms with E-state index in [1.54, 1.807) is 29.2 Å². The van der Waals surface area contributed by atoms with E-state index in [1.165, 1.54) is 0 Å². The van der Waals surface area contributed by atoms with Crippen LogP contribution in [-0.4, -0.2) is 39.5 Å². The standard InChI is InChI=1S/C15H18N4O3.ClH/c16-8-10-4-3-7-18(10)13(20)9-19-14(21)11-5-1-2-6-12(11)17-15(19)22;/h1-2,5-6,10H,3-4,7-9,16H2,(H,17,22);1H. The molecule has 1 fully saturated rings. The zero-order valence-corrected chi connectivity index (χ0v) is 13.3. The summed E-state index contributed by atoms with van der Waals surface area (Å²) in [5.41, 5.74) is 5.12. The van der Waals surface area contributed by atoms with Gasteiger partial charge in [0.15, 0.2) is 0 Å². The maximum atomic E-state index is 12.4. The number of carbonyl (C=O) groups excluding carboxylic acids is 1. The highest BCUT2D eigenvalue weighted by Gasteiger charge is 2.28. The topological polar surface area (TPSA) is 101 Å². The quantitative estimate of drug-likeness (QED) is 0.826. The van der Waals surface area contributed by atoms with E-state index in [4.69, 9.17) is 5.73 Å². The second-order valence-corrected chi connectivity index (χ2v) is 5.49. The van der Waals surface area contributed by atoms with Gasteiger partial charge in [-0.2, -0.15) is 0 Å². The number of para-hydroxylation sites is 1. The van der Waals surface area contributed by atoms with Crippen molar-refractivity contribution < 1.29 is 4.79 Å². The van der Waals surface area contributed by atoms with Gasteiger partial charge in [0.05, 0.1) is 10.9 Å². The average molecular weight is 339 g/mol. The molecule has 0 radical (unpaired) electrons. The predicted octanol–water partition coefficient (Wildman–Crippen LogP) is 0.0613. The van der Waals surface area contributed by atoms with E-state index < -0.39 is 11.2 Å². The number of carbonyl (C=O) groups is 1. The number of nitrogens with one attached hydrogen (secondary N) is 1. The maximum absolute atomic E-state index is 12.4. The summed E-state index contributed by atoms with van der Waals surface area (Å²) in [5.74, 6) is -0.240. The predicted molar refractivity (Wildman–Crippen MR) is 89.9 cm³/mol. The van der Waals surface area contributed by atoms with Crippen LogP contribution in [0.2, 0.25) is 0 Å². The normalized spacial score (nSPS) is 17.3. The molecule has 0 saturated carbocycles. The van der Waals surface area contributed by atoms with E-state index in [-0.39, 0.29) is 30.9 Å². The van der Waals surface area contributed by atoms with Crippen molar-refractivity contribution in [2.75, 3.05) is 13.1 Å². The van der Waals surface area contributed by atoms with Crippen LogP contribution in [0.1, 0.15) is 12.8 Å². The number of nitrogens with two attached hydrogens (primary N) is 1. The molecule has 0 aliphatic carbocycles. The molecule has 1 aromatic carbocycles. The number of halogens is 1. The Labute approximate surface area is 138 Å². The molecule has 1 aliphatic heterocycles. The van der Waals surface area contributed by atoms with Crippen molar-refractivity contribution in [3.05, 3.63) is 45.1 Å². The largest absolute Gasteiger partial charge is 0.337 e. The first-order valence-electron chi connectivity index (χ1n) is 7.33. The van der Waals surface area contributed by atoms with E-state index in [2.05, 4.69) is 4.98 Å². The van der Waals surface area contributed by atoms with Gasteiger partial charge in [0, 0.05) is 19.1 Å². The smallest absolute Gasteiger partial charge is 0.329 e. The fourth-order valence-electron chi connectivity index (χ4n) is 2.98. The van der Waals surface area contributed by atoms with Gasteiger partial charge in [-0.15, -0.1) is 12.4 Å². The lowest BCUT2D eigenvalue weighted by Gasteiger charge is -2.23. The summed E-state index contributed by atoms with van der Waals surface area (Å²) >= 11 is 0. The molecule has 3 N–H and O–H groups in total. The molecular weight excluding hydrogens is 320 g/mol. The minimum atomic E-state index is -0.569. The van der Waals surface area contributed by atoms with Crippen LogP contribution < -0.4 is 17.0 Å². The molecule has 1 aromatic heterocycles. The van der Waals surface area contributed by atoms with Crippen LogP contribution in [0.5, 0.6) is 0 Å². The Morgan fingerprint density at radius 1 is 1.30 bits per heavy atom. The second-order valence-electron chi connectivity index (χ2n) is 5.49.